The standard InChI is InChI=1S/C27H29N3O6/c1-3-14-35-27(33)20-8-10-21(11-9-20)30(26(32)19-6-7-19)17-23-15-24(29-36-23)25(31)28-16-18-4-12-22(34-2)13-5-18/h4-5,8-13,15,19H,3,6-7,14,16-17H2,1-2H3,(H,28,31). The van der Waals surface area contributed by atoms with E-state index in [1.54, 1.807) is 36.3 Å². The summed E-state index contributed by atoms with van der Waals surface area (Å²) in [4.78, 5) is 39.2. The van der Waals surface area contributed by atoms with Gasteiger partial charge in [0.1, 0.15) is 5.75 Å². The summed E-state index contributed by atoms with van der Waals surface area (Å²) in [6, 6.07) is 15.6. The van der Waals surface area contributed by atoms with Gasteiger partial charge in [-0.2, -0.15) is 0 Å². The van der Waals surface area contributed by atoms with Crippen LogP contribution in [0, 0.1) is 5.92 Å². The lowest BCUT2D eigenvalue weighted by Gasteiger charge is -2.21. The van der Waals surface area contributed by atoms with Crippen LogP contribution in [0.5, 0.6) is 5.75 Å². The predicted octanol–water partition coefficient (Wildman–Crippen LogP) is 4.12. The molecular formula is C27H29N3O6. The summed E-state index contributed by atoms with van der Waals surface area (Å²) >= 11 is 0. The van der Waals surface area contributed by atoms with Crippen molar-refractivity contribution in [2.45, 2.75) is 39.3 Å². The Hall–Kier alpha value is -4.14. The summed E-state index contributed by atoms with van der Waals surface area (Å²) in [6.07, 6.45) is 2.42. The van der Waals surface area contributed by atoms with E-state index in [1.807, 2.05) is 31.2 Å². The van der Waals surface area contributed by atoms with Crippen LogP contribution in [-0.2, 0) is 22.6 Å². The average molecular weight is 492 g/mol. The minimum Gasteiger partial charge on any atom is -0.497 e. The van der Waals surface area contributed by atoms with Gasteiger partial charge in [0.15, 0.2) is 11.5 Å². The second-order valence-corrected chi connectivity index (χ2v) is 8.59. The van der Waals surface area contributed by atoms with Crippen molar-refractivity contribution in [2.75, 3.05) is 18.6 Å². The van der Waals surface area contributed by atoms with Gasteiger partial charge in [0.05, 0.1) is 25.8 Å². The minimum atomic E-state index is -0.399. The van der Waals surface area contributed by atoms with Gasteiger partial charge in [-0.15, -0.1) is 0 Å². The number of anilines is 1. The number of benzene rings is 2. The predicted molar refractivity (Wildman–Crippen MR) is 132 cm³/mol. The first-order valence-electron chi connectivity index (χ1n) is 11.9. The van der Waals surface area contributed by atoms with E-state index < -0.39 is 5.97 Å². The molecule has 188 valence electrons. The molecular weight excluding hydrogens is 462 g/mol. The first-order valence-corrected chi connectivity index (χ1v) is 11.9. The van der Waals surface area contributed by atoms with Crippen LogP contribution < -0.4 is 15.0 Å². The Morgan fingerprint density at radius 2 is 1.81 bits per heavy atom. The van der Waals surface area contributed by atoms with Gasteiger partial charge in [-0.25, -0.2) is 4.79 Å². The smallest absolute Gasteiger partial charge is 0.338 e. The number of rotatable bonds is 11. The molecule has 0 unspecified atom stereocenters. The Bertz CT molecular complexity index is 1200. The molecule has 0 bridgehead atoms. The van der Waals surface area contributed by atoms with Gasteiger partial charge in [0, 0.05) is 24.2 Å². The molecule has 1 fully saturated rings. The molecule has 3 aromatic rings. The number of aromatic nitrogens is 1. The zero-order valence-electron chi connectivity index (χ0n) is 20.4. The lowest BCUT2D eigenvalue weighted by molar-refractivity contribution is -0.120. The number of carbonyl (C=O) groups is 3. The molecule has 4 rings (SSSR count). The molecule has 0 atom stereocenters. The number of methoxy groups -OCH3 is 1. The highest BCUT2D eigenvalue weighted by Crippen LogP contribution is 2.33. The van der Waals surface area contributed by atoms with Crippen molar-refractivity contribution >= 4 is 23.5 Å². The van der Waals surface area contributed by atoms with E-state index >= 15 is 0 Å². The van der Waals surface area contributed by atoms with Crippen LogP contribution in [-0.4, -0.2) is 36.7 Å². The lowest BCUT2D eigenvalue weighted by atomic mass is 10.1. The lowest BCUT2D eigenvalue weighted by Crippen LogP contribution is -2.31. The van der Waals surface area contributed by atoms with Crippen molar-refractivity contribution in [1.29, 1.82) is 0 Å². The molecule has 9 heteroatoms. The highest BCUT2D eigenvalue weighted by atomic mass is 16.5. The van der Waals surface area contributed by atoms with Gasteiger partial charge in [0.2, 0.25) is 5.91 Å². The van der Waals surface area contributed by atoms with Gasteiger partial charge in [-0.1, -0.05) is 24.2 Å². The average Bonchev–Trinajstić information content (AvgIpc) is 3.66. The zero-order valence-corrected chi connectivity index (χ0v) is 20.4. The fourth-order valence-corrected chi connectivity index (χ4v) is 3.57. The maximum atomic E-state index is 13.0. The number of esters is 1. The second-order valence-electron chi connectivity index (χ2n) is 8.59. The fraction of sp³-hybridized carbons (Fsp3) is 0.333. The third-order valence-electron chi connectivity index (χ3n) is 5.76. The number of ether oxygens (including phenoxy) is 2. The molecule has 0 aliphatic heterocycles. The Morgan fingerprint density at radius 1 is 1.08 bits per heavy atom. The van der Waals surface area contributed by atoms with E-state index in [9.17, 15) is 14.4 Å². The highest BCUT2D eigenvalue weighted by Gasteiger charge is 2.34. The van der Waals surface area contributed by atoms with Crippen LogP contribution >= 0.6 is 0 Å². The number of amides is 2. The van der Waals surface area contributed by atoms with E-state index in [0.29, 0.717) is 30.2 Å². The van der Waals surface area contributed by atoms with Crippen LogP contribution in [0.25, 0.3) is 0 Å². The molecule has 1 aromatic heterocycles. The molecule has 2 aromatic carbocycles. The van der Waals surface area contributed by atoms with Crippen molar-refractivity contribution in [2.24, 2.45) is 5.92 Å². The van der Waals surface area contributed by atoms with Gasteiger partial charge in [-0.3, -0.25) is 9.59 Å². The van der Waals surface area contributed by atoms with Crippen LogP contribution in [0.2, 0.25) is 0 Å². The number of nitrogens with one attached hydrogen (secondary N) is 1. The summed E-state index contributed by atoms with van der Waals surface area (Å²) in [7, 11) is 1.60. The Labute approximate surface area is 209 Å². The monoisotopic (exact) mass is 491 g/mol. The highest BCUT2D eigenvalue weighted by molar-refractivity contribution is 5.97. The summed E-state index contributed by atoms with van der Waals surface area (Å²) in [5.74, 6) is 0.278. The normalized spacial score (nSPS) is 12.6. The van der Waals surface area contributed by atoms with Crippen LogP contribution in [0.4, 0.5) is 5.69 Å². The van der Waals surface area contributed by atoms with E-state index in [0.717, 1.165) is 30.6 Å². The molecule has 1 heterocycles. The van der Waals surface area contributed by atoms with E-state index in [4.69, 9.17) is 14.0 Å². The molecule has 0 radical (unpaired) electrons. The topological polar surface area (TPSA) is 111 Å². The van der Waals surface area contributed by atoms with Gasteiger partial charge < -0.3 is 24.2 Å². The second kappa shape index (κ2) is 11.5. The molecule has 36 heavy (non-hydrogen) atoms. The zero-order chi connectivity index (χ0) is 25.5. The molecule has 9 nitrogen and oxygen atoms in total. The molecule has 1 saturated carbocycles. The quantitative estimate of drug-likeness (QED) is 0.402. The maximum absolute atomic E-state index is 13.0. The van der Waals surface area contributed by atoms with Gasteiger partial charge in [0.25, 0.3) is 5.91 Å². The van der Waals surface area contributed by atoms with Crippen molar-refractivity contribution in [3.05, 3.63) is 77.2 Å². The third-order valence-corrected chi connectivity index (χ3v) is 5.76. The first kappa shape index (κ1) is 25.0. The summed E-state index contributed by atoms with van der Waals surface area (Å²) in [5.41, 5.74) is 2.09. The summed E-state index contributed by atoms with van der Waals surface area (Å²) < 4.78 is 15.7. The third kappa shape index (κ3) is 6.29. The Kier molecular flexibility index (Phi) is 7.99. The minimum absolute atomic E-state index is 0.0294. The molecule has 1 N–H and O–H groups in total. The van der Waals surface area contributed by atoms with Gasteiger partial charge >= 0.3 is 5.97 Å². The van der Waals surface area contributed by atoms with Crippen molar-refractivity contribution in [1.82, 2.24) is 10.5 Å². The molecule has 0 spiro atoms. The number of hydrogen-bond donors (Lipinski definition) is 1. The van der Waals surface area contributed by atoms with Gasteiger partial charge in [-0.05, 0) is 61.2 Å². The molecule has 1 aliphatic rings. The number of nitrogens with zero attached hydrogens (tertiary/aromatic N) is 2. The Balaban J connectivity index is 1.41. The van der Waals surface area contributed by atoms with E-state index in [2.05, 4.69) is 10.5 Å². The van der Waals surface area contributed by atoms with Crippen LogP contribution in [0.15, 0.2) is 59.1 Å². The molecule has 1 aliphatic carbocycles. The molecule has 2 amide bonds. The number of hydrogen-bond acceptors (Lipinski definition) is 7. The molecule has 0 saturated heterocycles. The Morgan fingerprint density at radius 3 is 2.44 bits per heavy atom. The fourth-order valence-electron chi connectivity index (χ4n) is 3.57. The largest absolute Gasteiger partial charge is 0.497 e. The van der Waals surface area contributed by atoms with Crippen molar-refractivity contribution < 1.29 is 28.4 Å². The maximum Gasteiger partial charge on any atom is 0.338 e. The van der Waals surface area contributed by atoms with Crippen LogP contribution in [0.3, 0.4) is 0 Å². The SMILES string of the molecule is CCCOC(=O)c1ccc(N(Cc2cc(C(=O)NCc3ccc(OC)cc3)no2)C(=O)C2CC2)cc1. The number of carbonyl (C=O) groups excluding carboxylic acids is 3. The van der Waals surface area contributed by atoms with E-state index in [1.165, 1.54) is 6.07 Å². The van der Waals surface area contributed by atoms with Crippen LogP contribution in [0.1, 0.15) is 58.4 Å². The summed E-state index contributed by atoms with van der Waals surface area (Å²) in [5, 5.41) is 6.69. The first-order chi connectivity index (χ1) is 17.5. The van der Waals surface area contributed by atoms with E-state index in [-0.39, 0.29) is 30.0 Å². The van der Waals surface area contributed by atoms with Crippen molar-refractivity contribution in [3.8, 4) is 5.75 Å². The van der Waals surface area contributed by atoms with Crippen molar-refractivity contribution in [3.63, 3.8) is 0 Å². The summed E-state index contributed by atoms with van der Waals surface area (Å²) in [6.45, 7) is 2.73.